The highest BCUT2D eigenvalue weighted by molar-refractivity contribution is 5.97. The fraction of sp³-hybridized carbons (Fsp3) is 0.467. The molecule has 1 unspecified atom stereocenters. The summed E-state index contributed by atoms with van der Waals surface area (Å²) in [6, 6.07) is 2.28. The van der Waals surface area contributed by atoms with E-state index in [4.69, 9.17) is 0 Å². The van der Waals surface area contributed by atoms with Crippen molar-refractivity contribution in [3.63, 3.8) is 0 Å². The van der Waals surface area contributed by atoms with E-state index >= 15 is 0 Å². The monoisotopic (exact) mass is 279 g/mol. The molecule has 1 saturated heterocycles. The van der Waals surface area contributed by atoms with E-state index < -0.39 is 5.82 Å². The van der Waals surface area contributed by atoms with Gasteiger partial charge in [-0.1, -0.05) is 6.92 Å². The topological polar surface area (TPSA) is 57.6 Å². The molecule has 108 valence electrons. The molecule has 0 aromatic heterocycles. The summed E-state index contributed by atoms with van der Waals surface area (Å²) >= 11 is 0. The summed E-state index contributed by atoms with van der Waals surface area (Å²) in [5.41, 5.74) is 0.387. The maximum atomic E-state index is 13.5. The molecule has 0 bridgehead atoms. The number of hydrogen-bond donors (Lipinski definition) is 1. The number of phenols is 1. The van der Waals surface area contributed by atoms with Gasteiger partial charge in [0.05, 0.1) is 5.56 Å². The molecule has 1 aliphatic rings. The Bertz CT molecular complexity index is 556. The summed E-state index contributed by atoms with van der Waals surface area (Å²) in [4.78, 5) is 24.8. The minimum absolute atomic E-state index is 0.00105. The number of likely N-dealkylation sites (tertiary alicyclic amines) is 1. The van der Waals surface area contributed by atoms with Crippen LogP contribution in [-0.2, 0) is 11.3 Å². The Labute approximate surface area is 117 Å². The van der Waals surface area contributed by atoms with E-state index in [1.165, 1.54) is 13.0 Å². The predicted octanol–water partition coefficient (Wildman–Crippen LogP) is 2.14. The number of ketones is 2. The molecular weight excluding hydrogens is 261 g/mol. The Hall–Kier alpha value is -1.75. The lowest BCUT2D eigenvalue weighted by molar-refractivity contribution is -0.125. The largest absolute Gasteiger partial charge is 0.507 e. The molecular formula is C15H18FNO3. The summed E-state index contributed by atoms with van der Waals surface area (Å²) in [5.74, 6) is -0.890. The maximum absolute atomic E-state index is 13.5. The first-order valence-corrected chi connectivity index (χ1v) is 6.66. The Morgan fingerprint density at radius 2 is 2.20 bits per heavy atom. The number of carbonyl (C=O) groups excluding carboxylic acids is 2. The smallest absolute Gasteiger partial charge is 0.163 e. The lowest BCUT2D eigenvalue weighted by Gasteiger charge is -2.30. The second kappa shape index (κ2) is 5.71. The van der Waals surface area contributed by atoms with Crippen molar-refractivity contribution >= 4 is 11.6 Å². The molecule has 1 N–H and O–H groups in total. The normalized spacial score (nSPS) is 20.1. The molecule has 1 aromatic carbocycles. The summed E-state index contributed by atoms with van der Waals surface area (Å²) in [6.45, 7) is 4.67. The number of aromatic hydroxyl groups is 1. The van der Waals surface area contributed by atoms with Crippen LogP contribution in [0.4, 0.5) is 4.39 Å². The zero-order valence-corrected chi connectivity index (χ0v) is 11.6. The van der Waals surface area contributed by atoms with Crippen LogP contribution in [0.1, 0.15) is 36.2 Å². The van der Waals surface area contributed by atoms with Gasteiger partial charge in [-0.3, -0.25) is 14.5 Å². The number of hydrogen-bond acceptors (Lipinski definition) is 4. The third-order valence-corrected chi connectivity index (χ3v) is 3.68. The quantitative estimate of drug-likeness (QED) is 0.861. The molecule has 5 heteroatoms. The van der Waals surface area contributed by atoms with Gasteiger partial charge in [-0.05, 0) is 19.1 Å². The molecule has 4 nitrogen and oxygen atoms in total. The van der Waals surface area contributed by atoms with Gasteiger partial charge < -0.3 is 5.11 Å². The molecule has 0 spiro atoms. The first-order valence-electron chi connectivity index (χ1n) is 6.66. The second-order valence-corrected chi connectivity index (χ2v) is 5.37. The van der Waals surface area contributed by atoms with Gasteiger partial charge >= 0.3 is 0 Å². The van der Waals surface area contributed by atoms with Crippen molar-refractivity contribution in [2.75, 3.05) is 13.1 Å². The SMILES string of the molecule is CC(=O)c1cc(F)cc(CN2CCC(=O)C(C)C2)c1O. The summed E-state index contributed by atoms with van der Waals surface area (Å²) in [5, 5.41) is 10.1. The molecule has 1 heterocycles. The Kier molecular flexibility index (Phi) is 4.18. The summed E-state index contributed by atoms with van der Waals surface area (Å²) in [7, 11) is 0. The molecule has 0 aliphatic carbocycles. The highest BCUT2D eigenvalue weighted by Crippen LogP contribution is 2.27. The number of Topliss-reactive ketones (excluding diaryl/α,β-unsaturated/α-hetero) is 2. The van der Waals surface area contributed by atoms with Gasteiger partial charge in [-0.15, -0.1) is 0 Å². The zero-order valence-electron chi connectivity index (χ0n) is 11.6. The van der Waals surface area contributed by atoms with Crippen molar-refractivity contribution in [2.24, 2.45) is 5.92 Å². The van der Waals surface area contributed by atoms with Crippen molar-refractivity contribution in [3.05, 3.63) is 29.1 Å². The zero-order chi connectivity index (χ0) is 14.9. The van der Waals surface area contributed by atoms with E-state index in [9.17, 15) is 19.1 Å². The fourth-order valence-electron chi connectivity index (χ4n) is 2.52. The lowest BCUT2D eigenvalue weighted by Crippen LogP contribution is -2.39. The fourth-order valence-corrected chi connectivity index (χ4v) is 2.52. The van der Waals surface area contributed by atoms with Crippen LogP contribution in [0.15, 0.2) is 12.1 Å². The Morgan fingerprint density at radius 1 is 1.50 bits per heavy atom. The van der Waals surface area contributed by atoms with Crippen molar-refractivity contribution < 1.29 is 19.1 Å². The molecule has 1 aliphatic heterocycles. The van der Waals surface area contributed by atoms with Gasteiger partial charge in [0.2, 0.25) is 0 Å². The number of halogens is 1. The van der Waals surface area contributed by atoms with Crippen LogP contribution in [0.5, 0.6) is 5.75 Å². The molecule has 1 aromatic rings. The van der Waals surface area contributed by atoms with Crippen LogP contribution >= 0.6 is 0 Å². The average molecular weight is 279 g/mol. The van der Waals surface area contributed by atoms with Crippen LogP contribution in [-0.4, -0.2) is 34.7 Å². The van der Waals surface area contributed by atoms with Gasteiger partial charge in [0.1, 0.15) is 17.3 Å². The van der Waals surface area contributed by atoms with Crippen LogP contribution < -0.4 is 0 Å². The van der Waals surface area contributed by atoms with E-state index in [-0.39, 0.29) is 28.8 Å². The van der Waals surface area contributed by atoms with Crippen molar-refractivity contribution in [1.82, 2.24) is 4.90 Å². The van der Waals surface area contributed by atoms with E-state index in [1.807, 2.05) is 11.8 Å². The van der Waals surface area contributed by atoms with Gasteiger partial charge in [0.25, 0.3) is 0 Å². The number of carbonyl (C=O) groups is 2. The van der Waals surface area contributed by atoms with Gasteiger partial charge in [0.15, 0.2) is 5.78 Å². The lowest BCUT2D eigenvalue weighted by atomic mass is 9.97. The van der Waals surface area contributed by atoms with Gasteiger partial charge in [-0.2, -0.15) is 0 Å². The first kappa shape index (κ1) is 14.7. The number of nitrogens with zero attached hydrogens (tertiary/aromatic N) is 1. The highest BCUT2D eigenvalue weighted by atomic mass is 19.1. The Balaban J connectivity index is 2.21. The third kappa shape index (κ3) is 3.04. The van der Waals surface area contributed by atoms with Crippen LogP contribution in [0.25, 0.3) is 0 Å². The molecule has 1 atom stereocenters. The molecule has 2 rings (SSSR count). The van der Waals surface area contributed by atoms with Crippen molar-refractivity contribution in [2.45, 2.75) is 26.8 Å². The maximum Gasteiger partial charge on any atom is 0.163 e. The third-order valence-electron chi connectivity index (χ3n) is 3.68. The summed E-state index contributed by atoms with van der Waals surface area (Å²) < 4.78 is 13.5. The number of benzene rings is 1. The first-order chi connectivity index (χ1) is 9.38. The molecule has 1 fully saturated rings. The van der Waals surface area contributed by atoms with Crippen molar-refractivity contribution in [1.29, 1.82) is 0 Å². The minimum atomic E-state index is -0.538. The van der Waals surface area contributed by atoms with E-state index in [1.54, 1.807) is 0 Å². The van der Waals surface area contributed by atoms with Crippen LogP contribution in [0, 0.1) is 11.7 Å². The van der Waals surface area contributed by atoms with Crippen LogP contribution in [0.3, 0.4) is 0 Å². The number of piperidine rings is 1. The second-order valence-electron chi connectivity index (χ2n) is 5.37. The minimum Gasteiger partial charge on any atom is -0.507 e. The molecule has 0 amide bonds. The number of phenolic OH excluding ortho intramolecular Hbond substituents is 1. The summed E-state index contributed by atoms with van der Waals surface area (Å²) in [6.07, 6.45) is 0.469. The average Bonchev–Trinajstić information content (AvgIpc) is 2.37. The van der Waals surface area contributed by atoms with E-state index in [0.717, 1.165) is 6.07 Å². The van der Waals surface area contributed by atoms with Crippen LogP contribution in [0.2, 0.25) is 0 Å². The standard InChI is InChI=1S/C15H18FNO3/c1-9-7-17(4-3-14(9)19)8-11-5-12(16)6-13(10(2)18)15(11)20/h5-6,9,20H,3-4,7-8H2,1-2H3. The van der Waals surface area contributed by atoms with Gasteiger partial charge in [0, 0.05) is 37.5 Å². The van der Waals surface area contributed by atoms with E-state index in [2.05, 4.69) is 0 Å². The molecule has 0 saturated carbocycles. The number of rotatable bonds is 3. The molecule has 0 radical (unpaired) electrons. The van der Waals surface area contributed by atoms with Gasteiger partial charge in [-0.25, -0.2) is 4.39 Å². The Morgan fingerprint density at radius 3 is 2.80 bits per heavy atom. The molecule has 20 heavy (non-hydrogen) atoms. The van der Waals surface area contributed by atoms with E-state index in [0.29, 0.717) is 31.6 Å². The van der Waals surface area contributed by atoms with Crippen molar-refractivity contribution in [3.8, 4) is 5.75 Å². The predicted molar refractivity (Wildman–Crippen MR) is 72.1 cm³/mol. The highest BCUT2D eigenvalue weighted by Gasteiger charge is 2.24.